The van der Waals surface area contributed by atoms with Gasteiger partial charge in [-0.15, -0.1) is 0 Å². The molecule has 0 saturated heterocycles. The van der Waals surface area contributed by atoms with Crippen molar-refractivity contribution in [3.05, 3.63) is 89.7 Å². The van der Waals surface area contributed by atoms with E-state index < -0.39 is 0 Å². The molecule has 0 fully saturated rings. The van der Waals surface area contributed by atoms with Crippen molar-refractivity contribution >= 4 is 23.0 Å². The van der Waals surface area contributed by atoms with E-state index in [4.69, 9.17) is 0 Å². The van der Waals surface area contributed by atoms with E-state index in [1.807, 2.05) is 66.7 Å². The summed E-state index contributed by atoms with van der Waals surface area (Å²) in [6.45, 7) is 0. The first-order valence-electron chi connectivity index (χ1n) is 8.47. The first-order valence-corrected chi connectivity index (χ1v) is 8.47. The Morgan fingerprint density at radius 1 is 0.885 bits per heavy atom. The first-order chi connectivity index (χ1) is 12.7. The van der Waals surface area contributed by atoms with E-state index in [-0.39, 0.29) is 17.9 Å². The van der Waals surface area contributed by atoms with Crippen LogP contribution in [0.3, 0.4) is 0 Å². The quantitative estimate of drug-likeness (QED) is 0.650. The zero-order chi connectivity index (χ0) is 17.8. The van der Waals surface area contributed by atoms with Gasteiger partial charge in [-0.1, -0.05) is 36.4 Å². The number of amides is 1. The van der Waals surface area contributed by atoms with Crippen molar-refractivity contribution in [2.75, 3.05) is 17.0 Å². The Morgan fingerprint density at radius 3 is 2.42 bits per heavy atom. The Labute approximate surface area is 150 Å². The van der Waals surface area contributed by atoms with Crippen LogP contribution in [0.4, 0.5) is 21.5 Å². The number of hydrazine groups is 1. The minimum atomic E-state index is -0.332. The monoisotopic (exact) mass is 345 g/mol. The molecule has 0 spiro atoms. The predicted octanol–water partition coefficient (Wildman–Crippen LogP) is 4.48. The van der Waals surface area contributed by atoms with Crippen molar-refractivity contribution < 1.29 is 9.18 Å². The maximum absolute atomic E-state index is 13.9. The lowest BCUT2D eigenvalue weighted by Gasteiger charge is -2.42. The molecule has 4 nitrogen and oxygen atoms in total. The maximum atomic E-state index is 13.9. The smallest absolute Gasteiger partial charge is 0.277 e. The van der Waals surface area contributed by atoms with Gasteiger partial charge in [-0.3, -0.25) is 4.79 Å². The van der Waals surface area contributed by atoms with Crippen LogP contribution in [0.5, 0.6) is 0 Å². The fourth-order valence-electron chi connectivity index (χ4n) is 3.92. The summed E-state index contributed by atoms with van der Waals surface area (Å²) < 4.78 is 13.9. The van der Waals surface area contributed by atoms with Crippen LogP contribution in [0.15, 0.2) is 72.8 Å². The maximum Gasteiger partial charge on any atom is 0.277 e. The van der Waals surface area contributed by atoms with Crippen molar-refractivity contribution in [3.8, 4) is 0 Å². The summed E-state index contributed by atoms with van der Waals surface area (Å²) in [6.07, 6.45) is -0.267. The second kappa shape index (κ2) is 5.33. The van der Waals surface area contributed by atoms with Gasteiger partial charge in [-0.25, -0.2) is 14.4 Å². The third-order valence-electron chi connectivity index (χ3n) is 5.03. The molecular formula is C21H16FN3O. The standard InChI is InChI=1S/C21H16FN3O/c1-23-18-11-4-3-10-17(18)21(26)25-20(23)16-9-2-5-12-19(16)24(25)15-8-6-7-14(22)13-15/h2-13,20H,1H3. The third-order valence-corrected chi connectivity index (χ3v) is 5.03. The van der Waals surface area contributed by atoms with E-state index in [2.05, 4.69) is 4.90 Å². The highest BCUT2D eigenvalue weighted by molar-refractivity contribution is 6.04. The van der Waals surface area contributed by atoms with E-state index in [0.717, 1.165) is 16.9 Å². The number of carbonyl (C=O) groups excluding carboxylic acids is 1. The Bertz CT molecular complexity index is 1040. The Kier molecular flexibility index (Phi) is 3.06. The molecule has 2 aliphatic heterocycles. The lowest BCUT2D eigenvalue weighted by Crippen LogP contribution is -2.50. The summed E-state index contributed by atoms with van der Waals surface area (Å²) in [5.41, 5.74) is 4.06. The van der Waals surface area contributed by atoms with Crippen LogP contribution in [0.25, 0.3) is 0 Å². The number of hydrogen-bond donors (Lipinski definition) is 0. The minimum Gasteiger partial charge on any atom is -0.348 e. The van der Waals surface area contributed by atoms with Crippen LogP contribution in [0.1, 0.15) is 22.1 Å². The fraction of sp³-hybridized carbons (Fsp3) is 0.0952. The van der Waals surface area contributed by atoms with Crippen LogP contribution in [0, 0.1) is 5.82 Å². The van der Waals surface area contributed by atoms with Crippen molar-refractivity contribution in [1.82, 2.24) is 5.01 Å². The molecule has 0 bridgehead atoms. The predicted molar refractivity (Wildman–Crippen MR) is 98.7 cm³/mol. The summed E-state index contributed by atoms with van der Waals surface area (Å²) in [5, 5.41) is 3.53. The molecule has 1 unspecified atom stereocenters. The van der Waals surface area contributed by atoms with Gasteiger partial charge < -0.3 is 4.90 Å². The zero-order valence-electron chi connectivity index (χ0n) is 14.1. The van der Waals surface area contributed by atoms with Crippen LogP contribution in [-0.2, 0) is 0 Å². The highest BCUT2D eigenvalue weighted by atomic mass is 19.1. The number of benzene rings is 3. The Balaban J connectivity index is 1.76. The van der Waals surface area contributed by atoms with Gasteiger partial charge in [0.15, 0.2) is 6.17 Å². The molecule has 2 heterocycles. The fourth-order valence-corrected chi connectivity index (χ4v) is 3.92. The average Bonchev–Trinajstić information content (AvgIpc) is 3.02. The number of rotatable bonds is 1. The molecule has 5 rings (SSSR count). The number of nitrogens with zero attached hydrogens (tertiary/aromatic N) is 3. The van der Waals surface area contributed by atoms with Gasteiger partial charge in [0.25, 0.3) is 5.91 Å². The van der Waals surface area contributed by atoms with Crippen molar-refractivity contribution in [2.24, 2.45) is 0 Å². The van der Waals surface area contributed by atoms with Gasteiger partial charge in [-0.05, 0) is 36.4 Å². The third kappa shape index (κ3) is 1.91. The molecule has 128 valence electrons. The first kappa shape index (κ1) is 15.0. The molecule has 0 aromatic heterocycles. The summed E-state index contributed by atoms with van der Waals surface area (Å²) in [5.74, 6) is -0.425. The van der Waals surface area contributed by atoms with E-state index in [1.165, 1.54) is 12.1 Å². The molecule has 3 aromatic rings. The molecule has 0 radical (unpaired) electrons. The highest BCUT2D eigenvalue weighted by Crippen LogP contribution is 2.50. The van der Waals surface area contributed by atoms with Crippen LogP contribution >= 0.6 is 0 Å². The molecule has 1 atom stereocenters. The average molecular weight is 345 g/mol. The lowest BCUT2D eigenvalue weighted by molar-refractivity contribution is 0.0682. The van der Waals surface area contributed by atoms with Gasteiger partial charge in [-0.2, -0.15) is 0 Å². The van der Waals surface area contributed by atoms with E-state index in [9.17, 15) is 9.18 Å². The number of halogens is 1. The molecule has 0 aliphatic carbocycles. The Hall–Kier alpha value is -3.34. The molecule has 26 heavy (non-hydrogen) atoms. The highest BCUT2D eigenvalue weighted by Gasteiger charge is 2.47. The number of hydrogen-bond acceptors (Lipinski definition) is 3. The summed E-state index contributed by atoms with van der Waals surface area (Å²) in [6, 6.07) is 21.8. The number of fused-ring (bicyclic) bond motifs is 4. The van der Waals surface area contributed by atoms with Crippen LogP contribution in [0.2, 0.25) is 0 Å². The van der Waals surface area contributed by atoms with Gasteiger partial charge >= 0.3 is 0 Å². The summed E-state index contributed by atoms with van der Waals surface area (Å²) in [7, 11) is 1.98. The number of para-hydroxylation sites is 2. The minimum absolute atomic E-state index is 0.0934. The van der Waals surface area contributed by atoms with Gasteiger partial charge in [0.1, 0.15) is 5.82 Å². The molecule has 3 aromatic carbocycles. The number of carbonyl (C=O) groups is 1. The van der Waals surface area contributed by atoms with Crippen LogP contribution < -0.4 is 9.91 Å². The Morgan fingerprint density at radius 2 is 1.62 bits per heavy atom. The molecule has 2 aliphatic rings. The largest absolute Gasteiger partial charge is 0.348 e. The van der Waals surface area contributed by atoms with Crippen molar-refractivity contribution in [3.63, 3.8) is 0 Å². The molecule has 0 N–H and O–H groups in total. The second-order valence-electron chi connectivity index (χ2n) is 6.50. The van der Waals surface area contributed by atoms with E-state index in [1.54, 1.807) is 11.1 Å². The van der Waals surface area contributed by atoms with E-state index >= 15 is 0 Å². The molecular weight excluding hydrogens is 329 g/mol. The van der Waals surface area contributed by atoms with Crippen LogP contribution in [-0.4, -0.2) is 18.0 Å². The molecule has 0 saturated carbocycles. The zero-order valence-corrected chi connectivity index (χ0v) is 14.1. The second-order valence-corrected chi connectivity index (χ2v) is 6.50. The SMILES string of the molecule is CN1c2ccccc2C(=O)N2C1c1ccccc1N2c1cccc(F)c1. The summed E-state index contributed by atoms with van der Waals surface area (Å²) >= 11 is 0. The summed E-state index contributed by atoms with van der Waals surface area (Å²) in [4.78, 5) is 15.4. The normalized spacial score (nSPS) is 17.8. The van der Waals surface area contributed by atoms with Gasteiger partial charge in [0, 0.05) is 12.6 Å². The van der Waals surface area contributed by atoms with E-state index in [0.29, 0.717) is 11.3 Å². The lowest BCUT2D eigenvalue weighted by atomic mass is 10.0. The van der Waals surface area contributed by atoms with Gasteiger partial charge in [0.05, 0.1) is 22.6 Å². The van der Waals surface area contributed by atoms with Gasteiger partial charge in [0.2, 0.25) is 0 Å². The van der Waals surface area contributed by atoms with Crippen molar-refractivity contribution in [2.45, 2.75) is 6.17 Å². The molecule has 5 heteroatoms. The van der Waals surface area contributed by atoms with Crippen molar-refractivity contribution in [1.29, 1.82) is 0 Å². The topological polar surface area (TPSA) is 26.8 Å². The molecule has 1 amide bonds. The number of anilines is 3.